The van der Waals surface area contributed by atoms with Crippen LogP contribution in [0.4, 0.5) is 0 Å². The molecular formula is C20H16N4O2S. The number of amidine groups is 1. The molecule has 0 unspecified atom stereocenters. The van der Waals surface area contributed by atoms with E-state index < -0.39 is 5.63 Å². The monoisotopic (exact) mass is 376 g/mol. The Morgan fingerprint density at radius 1 is 1.15 bits per heavy atom. The third-order valence-electron chi connectivity index (χ3n) is 4.07. The third kappa shape index (κ3) is 3.83. The largest absolute Gasteiger partial charge is 0.422 e. The third-order valence-corrected chi connectivity index (χ3v) is 4.93. The molecule has 2 aromatic carbocycles. The van der Waals surface area contributed by atoms with Crippen LogP contribution in [-0.4, -0.2) is 22.3 Å². The molecule has 3 aromatic rings. The zero-order chi connectivity index (χ0) is 18.6. The second kappa shape index (κ2) is 7.59. The minimum absolute atomic E-state index is 0.395. The number of para-hydroxylation sites is 1. The number of hydrogen-bond donors (Lipinski definition) is 1. The van der Waals surface area contributed by atoms with E-state index in [9.17, 15) is 4.79 Å². The molecule has 0 atom stereocenters. The molecule has 0 bridgehead atoms. The topological polar surface area (TPSA) is 79.3 Å². The SMILES string of the molecule is C/C(=N\N=C1/NN=C(c2cc3ccccc3oc2=O)CS1)c1ccccc1. The molecule has 0 spiro atoms. The average molecular weight is 376 g/mol. The van der Waals surface area contributed by atoms with Crippen molar-refractivity contribution >= 4 is 39.3 Å². The molecule has 0 aliphatic carbocycles. The van der Waals surface area contributed by atoms with Crippen LogP contribution in [-0.2, 0) is 0 Å². The van der Waals surface area contributed by atoms with Crippen LogP contribution in [0.1, 0.15) is 18.1 Å². The molecule has 1 aliphatic heterocycles. The molecule has 0 saturated carbocycles. The van der Waals surface area contributed by atoms with Gasteiger partial charge in [0.1, 0.15) is 5.58 Å². The van der Waals surface area contributed by atoms with E-state index in [0.717, 1.165) is 16.7 Å². The van der Waals surface area contributed by atoms with Crippen LogP contribution >= 0.6 is 11.8 Å². The second-order valence-electron chi connectivity index (χ2n) is 5.90. The van der Waals surface area contributed by atoms with Crippen LogP contribution in [0.2, 0.25) is 0 Å². The van der Waals surface area contributed by atoms with Gasteiger partial charge < -0.3 is 4.42 Å². The second-order valence-corrected chi connectivity index (χ2v) is 6.86. The summed E-state index contributed by atoms with van der Waals surface area (Å²) in [5, 5.41) is 14.2. The van der Waals surface area contributed by atoms with Gasteiger partial charge in [-0.3, -0.25) is 5.43 Å². The van der Waals surface area contributed by atoms with Crippen molar-refractivity contribution < 1.29 is 4.42 Å². The van der Waals surface area contributed by atoms with Crippen LogP contribution in [0, 0.1) is 0 Å². The minimum Gasteiger partial charge on any atom is -0.422 e. The minimum atomic E-state index is -0.395. The summed E-state index contributed by atoms with van der Waals surface area (Å²) in [6, 6.07) is 19.1. The average Bonchev–Trinajstić information content (AvgIpc) is 2.72. The van der Waals surface area contributed by atoms with E-state index in [-0.39, 0.29) is 0 Å². The lowest BCUT2D eigenvalue weighted by Crippen LogP contribution is -2.28. The van der Waals surface area contributed by atoms with Gasteiger partial charge in [-0.05, 0) is 24.6 Å². The van der Waals surface area contributed by atoms with Gasteiger partial charge in [0.05, 0.1) is 17.0 Å². The van der Waals surface area contributed by atoms with Crippen LogP contribution in [0.15, 0.2) is 85.2 Å². The first kappa shape index (κ1) is 17.2. The van der Waals surface area contributed by atoms with E-state index in [1.807, 2.05) is 61.5 Å². The lowest BCUT2D eigenvalue weighted by Gasteiger charge is -2.13. The lowest BCUT2D eigenvalue weighted by molar-refractivity contribution is 0.559. The predicted molar refractivity (Wildman–Crippen MR) is 111 cm³/mol. The van der Waals surface area contributed by atoms with Gasteiger partial charge in [-0.15, -0.1) is 5.10 Å². The molecule has 1 aliphatic rings. The highest BCUT2D eigenvalue weighted by atomic mass is 32.2. The summed E-state index contributed by atoms with van der Waals surface area (Å²) in [6.07, 6.45) is 0. The fourth-order valence-corrected chi connectivity index (χ4v) is 3.33. The zero-order valence-electron chi connectivity index (χ0n) is 14.5. The molecule has 6 nitrogen and oxygen atoms in total. The van der Waals surface area contributed by atoms with Gasteiger partial charge in [-0.25, -0.2) is 4.79 Å². The van der Waals surface area contributed by atoms with E-state index in [1.54, 1.807) is 6.07 Å². The van der Waals surface area contributed by atoms with Crippen molar-refractivity contribution in [3.63, 3.8) is 0 Å². The number of nitrogens with one attached hydrogen (secondary N) is 1. The number of nitrogens with zero attached hydrogens (tertiary/aromatic N) is 3. The van der Waals surface area contributed by atoms with E-state index in [4.69, 9.17) is 4.42 Å². The summed E-state index contributed by atoms with van der Waals surface area (Å²) in [6.45, 7) is 1.90. The summed E-state index contributed by atoms with van der Waals surface area (Å²) in [7, 11) is 0. The first-order valence-corrected chi connectivity index (χ1v) is 9.35. The molecule has 7 heteroatoms. The fraction of sp³-hybridized carbons (Fsp3) is 0.100. The maximum atomic E-state index is 12.2. The van der Waals surface area contributed by atoms with Gasteiger partial charge >= 0.3 is 5.63 Å². The maximum Gasteiger partial charge on any atom is 0.345 e. The van der Waals surface area contributed by atoms with Gasteiger partial charge in [0.2, 0.25) is 5.17 Å². The molecule has 1 N–H and O–H groups in total. The Balaban J connectivity index is 1.55. The first-order valence-electron chi connectivity index (χ1n) is 8.37. The molecule has 134 valence electrons. The Kier molecular flexibility index (Phi) is 4.84. The molecular weight excluding hydrogens is 360 g/mol. The Hall–Kier alpha value is -3.19. The Labute approximate surface area is 159 Å². The van der Waals surface area contributed by atoms with Crippen LogP contribution in [0.25, 0.3) is 11.0 Å². The number of thioether (sulfide) groups is 1. The molecule has 0 saturated heterocycles. The van der Waals surface area contributed by atoms with E-state index in [0.29, 0.717) is 27.8 Å². The molecule has 0 amide bonds. The molecule has 27 heavy (non-hydrogen) atoms. The molecule has 2 heterocycles. The Morgan fingerprint density at radius 2 is 1.93 bits per heavy atom. The number of hydrogen-bond acceptors (Lipinski definition) is 6. The van der Waals surface area contributed by atoms with Crippen molar-refractivity contribution in [1.82, 2.24) is 5.43 Å². The smallest absolute Gasteiger partial charge is 0.345 e. The van der Waals surface area contributed by atoms with E-state index >= 15 is 0 Å². The zero-order valence-corrected chi connectivity index (χ0v) is 15.4. The summed E-state index contributed by atoms with van der Waals surface area (Å²) in [5.74, 6) is 0.509. The van der Waals surface area contributed by atoms with Crippen molar-refractivity contribution in [2.24, 2.45) is 15.3 Å². The van der Waals surface area contributed by atoms with Gasteiger partial charge in [-0.2, -0.15) is 10.2 Å². The fourth-order valence-electron chi connectivity index (χ4n) is 2.63. The first-order chi connectivity index (χ1) is 13.2. The van der Waals surface area contributed by atoms with Gasteiger partial charge in [0.15, 0.2) is 0 Å². The number of benzene rings is 2. The standard InChI is InChI=1S/C20H16N4O2S/c1-13(14-7-3-2-4-8-14)21-23-20-24-22-17(12-27-20)16-11-15-9-5-6-10-18(15)26-19(16)25/h2-11H,12H2,1H3,(H,23,24)/b21-13+. The summed E-state index contributed by atoms with van der Waals surface area (Å²) in [5.41, 5.74) is 5.95. The maximum absolute atomic E-state index is 12.2. The van der Waals surface area contributed by atoms with Crippen molar-refractivity contribution in [3.8, 4) is 0 Å². The highest BCUT2D eigenvalue weighted by Gasteiger charge is 2.17. The highest BCUT2D eigenvalue weighted by Crippen LogP contribution is 2.17. The van der Waals surface area contributed by atoms with Crippen molar-refractivity contribution in [3.05, 3.63) is 82.2 Å². The summed E-state index contributed by atoms with van der Waals surface area (Å²) in [4.78, 5) is 12.2. The van der Waals surface area contributed by atoms with Crippen LogP contribution in [0.5, 0.6) is 0 Å². The van der Waals surface area contributed by atoms with E-state index in [2.05, 4.69) is 20.7 Å². The normalized spacial score (nSPS) is 16.3. The predicted octanol–water partition coefficient (Wildman–Crippen LogP) is 3.61. The van der Waals surface area contributed by atoms with Crippen LogP contribution in [0.3, 0.4) is 0 Å². The lowest BCUT2D eigenvalue weighted by atomic mass is 10.1. The molecule has 0 fully saturated rings. The van der Waals surface area contributed by atoms with Crippen molar-refractivity contribution in [1.29, 1.82) is 0 Å². The van der Waals surface area contributed by atoms with Crippen LogP contribution < -0.4 is 11.1 Å². The van der Waals surface area contributed by atoms with Crippen molar-refractivity contribution in [2.45, 2.75) is 6.92 Å². The quantitative estimate of drug-likeness (QED) is 0.430. The van der Waals surface area contributed by atoms with Gasteiger partial charge in [0.25, 0.3) is 0 Å². The molecule has 1 aromatic heterocycles. The Morgan fingerprint density at radius 3 is 2.70 bits per heavy atom. The van der Waals surface area contributed by atoms with E-state index in [1.165, 1.54) is 11.8 Å². The van der Waals surface area contributed by atoms with Gasteiger partial charge in [0, 0.05) is 11.1 Å². The van der Waals surface area contributed by atoms with Gasteiger partial charge in [-0.1, -0.05) is 60.3 Å². The molecule has 4 rings (SSSR count). The Bertz CT molecular complexity index is 1130. The number of hydrazone groups is 1. The summed E-state index contributed by atoms with van der Waals surface area (Å²) < 4.78 is 5.38. The molecule has 0 radical (unpaired) electrons. The summed E-state index contributed by atoms with van der Waals surface area (Å²) >= 11 is 1.44. The highest BCUT2D eigenvalue weighted by molar-refractivity contribution is 8.14. The number of fused-ring (bicyclic) bond motifs is 1. The number of rotatable bonds is 3. The van der Waals surface area contributed by atoms with Crippen molar-refractivity contribution in [2.75, 3.05) is 5.75 Å².